The van der Waals surface area contributed by atoms with Gasteiger partial charge in [-0.15, -0.1) is 5.10 Å². The number of hydrogen-bond acceptors (Lipinski definition) is 8. The summed E-state index contributed by atoms with van der Waals surface area (Å²) in [6.45, 7) is 7.02. The van der Waals surface area contributed by atoms with Crippen LogP contribution in [0.3, 0.4) is 0 Å². The molecule has 0 fully saturated rings. The van der Waals surface area contributed by atoms with Gasteiger partial charge in [0, 0.05) is 0 Å². The average Bonchev–Trinajstić information content (AvgIpc) is 3.22. The van der Waals surface area contributed by atoms with E-state index in [0.29, 0.717) is 11.7 Å². The molecule has 0 bridgehead atoms. The number of carbonyl (C=O) groups is 2. The predicted octanol–water partition coefficient (Wildman–Crippen LogP) is 5.06. The fraction of sp³-hybridized carbons (Fsp3) is 0.304. The molecule has 3 rings (SSSR count). The van der Waals surface area contributed by atoms with E-state index in [1.807, 2.05) is 12.1 Å². The summed E-state index contributed by atoms with van der Waals surface area (Å²) in [5.74, 6) is 0.0929. The molecule has 0 aliphatic carbocycles. The van der Waals surface area contributed by atoms with E-state index in [0.717, 1.165) is 11.1 Å². The lowest BCUT2D eigenvalue weighted by molar-refractivity contribution is -0.0348. The zero-order valence-electron chi connectivity index (χ0n) is 18.3. The topological polar surface area (TPSA) is 113 Å². The number of nitrogens with one attached hydrogen (secondary N) is 1. The second-order valence-corrected chi connectivity index (χ2v) is 7.50. The van der Waals surface area contributed by atoms with Crippen LogP contribution in [0.2, 0.25) is 0 Å². The maximum Gasteiger partial charge on any atom is 0.511 e. The minimum absolute atomic E-state index is 0.00814. The second kappa shape index (κ2) is 10.4. The first kappa shape index (κ1) is 22.8. The Labute approximate surface area is 185 Å². The molecule has 0 saturated carbocycles. The number of H-pyrrole nitrogens is 1. The molecule has 0 atom stereocenters. The van der Waals surface area contributed by atoms with E-state index in [1.165, 1.54) is 5.56 Å². The molecule has 32 heavy (non-hydrogen) atoms. The van der Waals surface area contributed by atoms with Gasteiger partial charge in [0.2, 0.25) is 12.5 Å². The molecule has 9 nitrogen and oxygen atoms in total. The minimum atomic E-state index is -0.941. The Morgan fingerprint density at radius 1 is 0.906 bits per heavy atom. The van der Waals surface area contributed by atoms with E-state index < -0.39 is 18.9 Å². The normalized spacial score (nSPS) is 10.8. The van der Waals surface area contributed by atoms with Gasteiger partial charge in [0.15, 0.2) is 0 Å². The lowest BCUT2D eigenvalue weighted by Gasteiger charge is -2.09. The fourth-order valence-corrected chi connectivity index (χ4v) is 2.74. The molecule has 9 heteroatoms. The third-order valence-electron chi connectivity index (χ3n) is 4.39. The lowest BCUT2D eigenvalue weighted by atomic mass is 9.99. The van der Waals surface area contributed by atoms with Crippen LogP contribution < -0.4 is 4.74 Å². The summed E-state index contributed by atoms with van der Waals surface area (Å²) in [7, 11) is 0. The number of hydrogen-bond donors (Lipinski definition) is 1. The van der Waals surface area contributed by atoms with Gasteiger partial charge in [-0.3, -0.25) is 0 Å². The van der Waals surface area contributed by atoms with Crippen LogP contribution in [-0.4, -0.2) is 40.4 Å². The van der Waals surface area contributed by atoms with Gasteiger partial charge in [-0.05, 0) is 48.6 Å². The van der Waals surface area contributed by atoms with Crippen LogP contribution in [0.15, 0.2) is 48.5 Å². The molecular weight excluding hydrogens is 414 g/mol. The van der Waals surface area contributed by atoms with Crippen LogP contribution in [-0.2, 0) is 14.2 Å². The van der Waals surface area contributed by atoms with Crippen LogP contribution in [0.25, 0.3) is 11.1 Å². The summed E-state index contributed by atoms with van der Waals surface area (Å²) in [6.07, 6.45) is -1.29. The van der Waals surface area contributed by atoms with Gasteiger partial charge in [-0.25, -0.2) is 14.7 Å². The fourth-order valence-electron chi connectivity index (χ4n) is 2.74. The number of ether oxygens (including phenoxy) is 4. The van der Waals surface area contributed by atoms with Crippen molar-refractivity contribution in [1.82, 2.24) is 15.4 Å². The molecule has 2 aromatic carbocycles. The summed E-state index contributed by atoms with van der Waals surface area (Å²) >= 11 is 0. The van der Waals surface area contributed by atoms with Crippen molar-refractivity contribution in [2.45, 2.75) is 39.7 Å². The van der Waals surface area contributed by atoms with E-state index in [4.69, 9.17) is 14.2 Å². The molecule has 0 amide bonds. The molecule has 168 valence electrons. The van der Waals surface area contributed by atoms with Gasteiger partial charge in [0.25, 0.3) is 5.88 Å². The summed E-state index contributed by atoms with van der Waals surface area (Å²) in [6, 6.07) is 15.8. The highest BCUT2D eigenvalue weighted by atomic mass is 16.8. The van der Waals surface area contributed by atoms with E-state index in [1.54, 1.807) is 26.0 Å². The highest BCUT2D eigenvalue weighted by molar-refractivity contribution is 5.89. The summed E-state index contributed by atoms with van der Waals surface area (Å²) in [5, 5.41) is 9.75. The molecule has 0 aliphatic heterocycles. The van der Waals surface area contributed by atoms with E-state index >= 15 is 0 Å². The molecule has 0 radical (unpaired) electrons. The molecule has 1 aromatic heterocycles. The first-order valence-corrected chi connectivity index (χ1v) is 10.1. The zero-order valence-corrected chi connectivity index (χ0v) is 18.3. The Bertz CT molecular complexity index is 1040. The highest BCUT2D eigenvalue weighted by Gasteiger charge is 2.20. The first-order chi connectivity index (χ1) is 15.3. The lowest BCUT2D eigenvalue weighted by Crippen LogP contribution is -2.17. The summed E-state index contributed by atoms with van der Waals surface area (Å²) in [5.41, 5.74) is 3.21. The largest absolute Gasteiger partial charge is 0.511 e. The van der Waals surface area contributed by atoms with Gasteiger partial charge >= 0.3 is 12.1 Å². The minimum Gasteiger partial charge on any atom is -0.437 e. The van der Waals surface area contributed by atoms with Gasteiger partial charge in [0.1, 0.15) is 5.75 Å². The Balaban J connectivity index is 1.59. The SMILES string of the molecule is CC(C)OC(=O)OCOC(=O)c1nn[nH]c1Oc1ccc(-c2ccc(C(C)C)cc2)cc1. The van der Waals surface area contributed by atoms with Crippen molar-refractivity contribution < 1.29 is 28.5 Å². The van der Waals surface area contributed by atoms with Crippen molar-refractivity contribution in [3.8, 4) is 22.8 Å². The number of esters is 1. The molecule has 1 heterocycles. The summed E-state index contributed by atoms with van der Waals surface area (Å²) in [4.78, 5) is 23.5. The van der Waals surface area contributed by atoms with Crippen molar-refractivity contribution in [2.24, 2.45) is 0 Å². The number of aromatic amines is 1. The van der Waals surface area contributed by atoms with E-state index in [9.17, 15) is 9.59 Å². The average molecular weight is 439 g/mol. The third kappa shape index (κ3) is 6.07. The van der Waals surface area contributed by atoms with Crippen LogP contribution in [0.1, 0.15) is 49.7 Å². The molecule has 0 spiro atoms. The smallest absolute Gasteiger partial charge is 0.437 e. The first-order valence-electron chi connectivity index (χ1n) is 10.1. The predicted molar refractivity (Wildman–Crippen MR) is 115 cm³/mol. The van der Waals surface area contributed by atoms with Gasteiger partial charge < -0.3 is 18.9 Å². The van der Waals surface area contributed by atoms with Gasteiger partial charge in [-0.2, -0.15) is 0 Å². The maximum atomic E-state index is 12.2. The van der Waals surface area contributed by atoms with E-state index in [-0.39, 0.29) is 17.7 Å². The Kier molecular flexibility index (Phi) is 7.43. The molecule has 3 aromatic rings. The maximum absolute atomic E-state index is 12.2. The molecule has 0 aliphatic rings. The highest BCUT2D eigenvalue weighted by Crippen LogP contribution is 2.27. The van der Waals surface area contributed by atoms with Crippen LogP contribution in [0.4, 0.5) is 4.79 Å². The molecule has 0 unspecified atom stereocenters. The van der Waals surface area contributed by atoms with Crippen LogP contribution in [0.5, 0.6) is 11.6 Å². The monoisotopic (exact) mass is 439 g/mol. The quantitative estimate of drug-likeness (QED) is 0.383. The Morgan fingerprint density at radius 2 is 1.53 bits per heavy atom. The summed E-state index contributed by atoms with van der Waals surface area (Å²) < 4.78 is 20.0. The number of nitrogens with zero attached hydrogens (tertiary/aromatic N) is 2. The van der Waals surface area contributed by atoms with Crippen molar-refractivity contribution in [1.29, 1.82) is 0 Å². The second-order valence-electron chi connectivity index (χ2n) is 7.50. The Hall–Kier alpha value is -3.88. The third-order valence-corrected chi connectivity index (χ3v) is 4.39. The van der Waals surface area contributed by atoms with Crippen molar-refractivity contribution in [2.75, 3.05) is 6.79 Å². The number of carbonyl (C=O) groups excluding carboxylic acids is 2. The van der Waals surface area contributed by atoms with Crippen molar-refractivity contribution in [3.05, 3.63) is 59.8 Å². The van der Waals surface area contributed by atoms with Crippen LogP contribution in [0, 0.1) is 0 Å². The number of rotatable bonds is 8. The number of aromatic nitrogens is 3. The van der Waals surface area contributed by atoms with E-state index in [2.05, 4.69) is 58.3 Å². The van der Waals surface area contributed by atoms with Crippen molar-refractivity contribution in [3.63, 3.8) is 0 Å². The molecule has 0 saturated heterocycles. The van der Waals surface area contributed by atoms with Crippen LogP contribution >= 0.6 is 0 Å². The van der Waals surface area contributed by atoms with Gasteiger partial charge in [0.05, 0.1) is 6.10 Å². The number of benzene rings is 2. The molecular formula is C23H25N3O6. The van der Waals surface area contributed by atoms with Crippen molar-refractivity contribution >= 4 is 12.1 Å². The standard InChI is InChI=1S/C23H25N3O6/c1-14(2)16-5-7-17(8-6-16)18-9-11-19(12-10-18)32-21-20(24-26-25-21)22(27)29-13-30-23(28)31-15(3)4/h5-12,14-15H,13H2,1-4H3,(H,24,25,26). The molecule has 1 N–H and O–H groups in total. The Morgan fingerprint density at radius 3 is 2.12 bits per heavy atom. The van der Waals surface area contributed by atoms with Gasteiger partial charge in [-0.1, -0.05) is 55.5 Å². The zero-order chi connectivity index (χ0) is 23.1.